The first kappa shape index (κ1) is 14.6. The van der Waals surface area contributed by atoms with Gasteiger partial charge in [0.15, 0.2) is 0 Å². The van der Waals surface area contributed by atoms with Gasteiger partial charge in [-0.1, -0.05) is 18.2 Å². The third kappa shape index (κ3) is 2.24. The molecule has 2 fully saturated rings. The van der Waals surface area contributed by atoms with Crippen molar-refractivity contribution in [1.29, 1.82) is 0 Å². The molecule has 23 heavy (non-hydrogen) atoms. The summed E-state index contributed by atoms with van der Waals surface area (Å²) < 4.78 is 5.84. The minimum atomic E-state index is -0.706. The van der Waals surface area contributed by atoms with Crippen LogP contribution in [0.2, 0.25) is 0 Å². The normalized spacial score (nSPS) is 21.9. The third-order valence-corrected chi connectivity index (χ3v) is 5.77. The molecule has 0 unspecified atom stereocenters. The molecule has 2 saturated heterocycles. The molecule has 5 nitrogen and oxygen atoms in total. The Morgan fingerprint density at radius 3 is 2.74 bits per heavy atom. The molecule has 6 heteroatoms. The fourth-order valence-electron chi connectivity index (χ4n) is 3.39. The highest BCUT2D eigenvalue weighted by atomic mass is 32.2. The van der Waals surface area contributed by atoms with Crippen LogP contribution in [0, 0.1) is 0 Å². The van der Waals surface area contributed by atoms with Crippen molar-refractivity contribution in [3.8, 4) is 0 Å². The number of benzene rings is 1. The van der Waals surface area contributed by atoms with E-state index in [1.54, 1.807) is 0 Å². The molecule has 4 rings (SSSR count). The Balaban J connectivity index is 1.66. The van der Waals surface area contributed by atoms with Gasteiger partial charge >= 0.3 is 6.03 Å². The van der Waals surface area contributed by atoms with E-state index in [1.165, 1.54) is 4.90 Å². The number of hydrogen-bond donors (Lipinski definition) is 1. The first-order valence-corrected chi connectivity index (χ1v) is 8.98. The van der Waals surface area contributed by atoms with Gasteiger partial charge in [-0.3, -0.25) is 9.69 Å². The maximum Gasteiger partial charge on any atom is 0.325 e. The average molecular weight is 330 g/mol. The maximum atomic E-state index is 12.9. The van der Waals surface area contributed by atoms with Gasteiger partial charge in [0.2, 0.25) is 0 Å². The highest BCUT2D eigenvalue weighted by molar-refractivity contribution is 7.99. The molecule has 1 aromatic carbocycles. The van der Waals surface area contributed by atoms with Crippen LogP contribution in [-0.4, -0.2) is 33.9 Å². The lowest BCUT2D eigenvalue weighted by Crippen LogP contribution is -2.49. The molecule has 1 aromatic heterocycles. The summed E-state index contributed by atoms with van der Waals surface area (Å²) in [6, 6.07) is 8.87. The fraction of sp³-hybridized carbons (Fsp3) is 0.412. The van der Waals surface area contributed by atoms with Crippen LogP contribution in [0.25, 0.3) is 11.0 Å². The predicted octanol–water partition coefficient (Wildman–Crippen LogP) is 3.31. The Labute approximate surface area is 138 Å². The van der Waals surface area contributed by atoms with Gasteiger partial charge in [-0.2, -0.15) is 11.8 Å². The Kier molecular flexibility index (Phi) is 3.37. The van der Waals surface area contributed by atoms with Gasteiger partial charge in [-0.05, 0) is 43.4 Å². The second kappa shape index (κ2) is 5.30. The third-order valence-electron chi connectivity index (χ3n) is 4.78. The van der Waals surface area contributed by atoms with Crippen molar-refractivity contribution >= 4 is 34.7 Å². The molecule has 1 N–H and O–H groups in total. The number of imide groups is 1. The highest BCUT2D eigenvalue weighted by Crippen LogP contribution is 2.37. The van der Waals surface area contributed by atoms with Gasteiger partial charge < -0.3 is 9.73 Å². The van der Waals surface area contributed by atoms with E-state index in [9.17, 15) is 9.59 Å². The molecule has 2 aromatic rings. The van der Waals surface area contributed by atoms with Crippen molar-refractivity contribution in [1.82, 2.24) is 10.2 Å². The molecular weight excluding hydrogens is 312 g/mol. The van der Waals surface area contributed by atoms with Crippen molar-refractivity contribution in [2.75, 3.05) is 11.5 Å². The summed E-state index contributed by atoms with van der Waals surface area (Å²) in [6.45, 7) is 1.84. The minimum absolute atomic E-state index is 0.115. The molecule has 0 aliphatic carbocycles. The molecule has 1 atom stereocenters. The van der Waals surface area contributed by atoms with Crippen LogP contribution in [0.3, 0.4) is 0 Å². The monoisotopic (exact) mass is 330 g/mol. The zero-order valence-corrected chi connectivity index (χ0v) is 13.7. The van der Waals surface area contributed by atoms with E-state index in [0.717, 1.165) is 22.5 Å². The lowest BCUT2D eigenvalue weighted by molar-refractivity contribution is -0.133. The highest BCUT2D eigenvalue weighted by Gasteiger charge is 2.53. The molecule has 0 bridgehead atoms. The number of carbonyl (C=O) groups excluding carboxylic acids is 2. The van der Waals surface area contributed by atoms with Gasteiger partial charge in [0.05, 0.1) is 6.04 Å². The molecule has 3 heterocycles. The first-order chi connectivity index (χ1) is 11.1. The summed E-state index contributed by atoms with van der Waals surface area (Å²) in [4.78, 5) is 26.7. The average Bonchev–Trinajstić information content (AvgIpc) is 3.08. The van der Waals surface area contributed by atoms with Gasteiger partial charge in [0, 0.05) is 5.39 Å². The molecule has 0 radical (unpaired) electrons. The Hall–Kier alpha value is -1.95. The van der Waals surface area contributed by atoms with E-state index in [1.807, 2.05) is 49.0 Å². The SMILES string of the molecule is C[C@H](c1cc2ccccc2o1)N1C(=O)NC2(CCSCC2)C1=O. The Bertz CT molecular complexity index is 746. The number of nitrogens with zero attached hydrogens (tertiary/aromatic N) is 1. The summed E-state index contributed by atoms with van der Waals surface area (Å²) in [5.41, 5.74) is 0.0629. The lowest BCUT2D eigenvalue weighted by atomic mass is 9.92. The second-order valence-corrected chi connectivity index (χ2v) is 7.39. The number of nitrogens with one attached hydrogen (secondary N) is 1. The van der Waals surface area contributed by atoms with E-state index in [2.05, 4.69) is 5.32 Å². The van der Waals surface area contributed by atoms with Crippen LogP contribution >= 0.6 is 11.8 Å². The first-order valence-electron chi connectivity index (χ1n) is 7.83. The van der Waals surface area contributed by atoms with Gasteiger partial charge in [0.1, 0.15) is 16.9 Å². The van der Waals surface area contributed by atoms with Crippen LogP contribution in [0.4, 0.5) is 4.79 Å². The van der Waals surface area contributed by atoms with Crippen molar-refractivity contribution < 1.29 is 14.0 Å². The largest absolute Gasteiger partial charge is 0.459 e. The van der Waals surface area contributed by atoms with E-state index >= 15 is 0 Å². The number of para-hydroxylation sites is 1. The quantitative estimate of drug-likeness (QED) is 0.858. The summed E-state index contributed by atoms with van der Waals surface area (Å²) in [6.07, 6.45) is 1.40. The zero-order chi connectivity index (χ0) is 16.0. The van der Waals surface area contributed by atoms with E-state index in [-0.39, 0.29) is 11.9 Å². The topological polar surface area (TPSA) is 62.6 Å². The molecule has 2 aliphatic rings. The number of thioether (sulfide) groups is 1. The molecule has 1 spiro atoms. The van der Waals surface area contributed by atoms with Crippen molar-refractivity contribution in [3.63, 3.8) is 0 Å². The molecule has 0 saturated carbocycles. The number of amides is 3. The van der Waals surface area contributed by atoms with Crippen molar-refractivity contribution in [2.24, 2.45) is 0 Å². The predicted molar refractivity (Wildman–Crippen MR) is 89.3 cm³/mol. The fourth-order valence-corrected chi connectivity index (χ4v) is 4.58. The van der Waals surface area contributed by atoms with Gasteiger partial charge in [-0.15, -0.1) is 0 Å². The van der Waals surface area contributed by atoms with Crippen LogP contribution in [0.5, 0.6) is 0 Å². The van der Waals surface area contributed by atoms with Crippen molar-refractivity contribution in [2.45, 2.75) is 31.3 Å². The molecule has 2 aliphatic heterocycles. The number of hydrogen-bond acceptors (Lipinski definition) is 4. The number of rotatable bonds is 2. The summed E-state index contributed by atoms with van der Waals surface area (Å²) >= 11 is 1.83. The second-order valence-electron chi connectivity index (χ2n) is 6.16. The Morgan fingerprint density at radius 2 is 2.00 bits per heavy atom. The van der Waals surface area contributed by atoms with Crippen LogP contribution in [-0.2, 0) is 4.79 Å². The van der Waals surface area contributed by atoms with Crippen LogP contribution in [0.15, 0.2) is 34.7 Å². The molecule has 120 valence electrons. The number of fused-ring (bicyclic) bond motifs is 1. The van der Waals surface area contributed by atoms with Crippen LogP contribution < -0.4 is 5.32 Å². The summed E-state index contributed by atoms with van der Waals surface area (Å²) in [5, 5.41) is 3.91. The smallest absolute Gasteiger partial charge is 0.325 e. The lowest BCUT2D eigenvalue weighted by Gasteiger charge is -2.30. The van der Waals surface area contributed by atoms with Crippen LogP contribution in [0.1, 0.15) is 31.6 Å². The standard InChI is InChI=1S/C17H18N2O3S/c1-11(14-10-12-4-2-3-5-13(12)22-14)19-15(20)17(18-16(19)21)6-8-23-9-7-17/h2-5,10-11H,6-9H2,1H3,(H,18,21)/t11-/m1/s1. The Morgan fingerprint density at radius 1 is 1.26 bits per heavy atom. The van der Waals surface area contributed by atoms with E-state index < -0.39 is 11.6 Å². The summed E-state index contributed by atoms with van der Waals surface area (Å²) in [5.74, 6) is 2.32. The number of urea groups is 1. The summed E-state index contributed by atoms with van der Waals surface area (Å²) in [7, 11) is 0. The molecular formula is C17H18N2O3S. The maximum absolute atomic E-state index is 12.9. The number of carbonyl (C=O) groups is 2. The van der Waals surface area contributed by atoms with E-state index in [4.69, 9.17) is 4.42 Å². The number of furan rings is 1. The molecule has 3 amide bonds. The van der Waals surface area contributed by atoms with Gasteiger partial charge in [0.25, 0.3) is 5.91 Å². The van der Waals surface area contributed by atoms with Gasteiger partial charge in [-0.25, -0.2) is 4.79 Å². The van der Waals surface area contributed by atoms with Crippen molar-refractivity contribution in [3.05, 3.63) is 36.1 Å². The zero-order valence-electron chi connectivity index (χ0n) is 12.9. The van der Waals surface area contributed by atoms with E-state index in [0.29, 0.717) is 18.6 Å². The minimum Gasteiger partial charge on any atom is -0.459 e.